The number of fused-ring (bicyclic) bond motifs is 1. The van der Waals surface area contributed by atoms with Crippen LogP contribution in [0, 0.1) is 0 Å². The minimum absolute atomic E-state index is 0.320. The lowest BCUT2D eigenvalue weighted by atomic mass is 10.0. The first-order chi connectivity index (χ1) is 12.6. The first kappa shape index (κ1) is 18.0. The van der Waals surface area contributed by atoms with E-state index in [1.54, 1.807) is 11.3 Å². The van der Waals surface area contributed by atoms with Gasteiger partial charge in [0.1, 0.15) is 5.01 Å². The molecule has 1 aromatic carbocycles. The van der Waals surface area contributed by atoms with Crippen molar-refractivity contribution in [3.05, 3.63) is 34.3 Å². The summed E-state index contributed by atoms with van der Waals surface area (Å²) in [6.07, 6.45) is 6.58. The Balaban J connectivity index is 1.65. The number of aliphatic hydroxyl groups is 1. The number of aryl methyl sites for hydroxylation is 1. The highest BCUT2D eigenvalue weighted by Crippen LogP contribution is 2.38. The zero-order chi connectivity index (χ0) is 18.1. The second-order valence-electron chi connectivity index (χ2n) is 7.81. The van der Waals surface area contributed by atoms with Crippen molar-refractivity contribution in [1.29, 1.82) is 0 Å². The average Bonchev–Trinajstić information content (AvgIpc) is 3.08. The molecule has 26 heavy (non-hydrogen) atoms. The van der Waals surface area contributed by atoms with Gasteiger partial charge in [-0.25, -0.2) is 4.98 Å². The van der Waals surface area contributed by atoms with E-state index in [1.165, 1.54) is 49.2 Å². The Morgan fingerprint density at radius 1 is 1.19 bits per heavy atom. The van der Waals surface area contributed by atoms with E-state index in [1.807, 2.05) is 0 Å². The quantitative estimate of drug-likeness (QED) is 0.873. The topological polar surface area (TPSA) is 39.6 Å². The largest absolute Gasteiger partial charge is 0.388 e. The van der Waals surface area contributed by atoms with Crippen molar-refractivity contribution < 1.29 is 5.11 Å². The maximum absolute atomic E-state index is 10.3. The highest BCUT2D eigenvalue weighted by Gasteiger charge is 2.23. The summed E-state index contributed by atoms with van der Waals surface area (Å²) < 4.78 is 0. The van der Waals surface area contributed by atoms with Gasteiger partial charge in [0, 0.05) is 31.9 Å². The van der Waals surface area contributed by atoms with Gasteiger partial charge < -0.3 is 10.0 Å². The van der Waals surface area contributed by atoms with Crippen LogP contribution in [0.4, 0.5) is 5.69 Å². The summed E-state index contributed by atoms with van der Waals surface area (Å²) in [5, 5.41) is 11.3. The summed E-state index contributed by atoms with van der Waals surface area (Å²) in [5.74, 6) is 0. The third-order valence-electron chi connectivity index (χ3n) is 5.57. The second kappa shape index (κ2) is 7.67. The molecule has 4 nitrogen and oxygen atoms in total. The number of hydrogen-bond acceptors (Lipinski definition) is 5. The predicted molar refractivity (Wildman–Crippen MR) is 109 cm³/mol. The fraction of sp³-hybridized carbons (Fsp3) is 0.571. The molecule has 2 aliphatic rings. The molecule has 1 fully saturated rings. The van der Waals surface area contributed by atoms with Crippen molar-refractivity contribution >= 4 is 17.0 Å². The van der Waals surface area contributed by atoms with Gasteiger partial charge in [-0.3, -0.25) is 4.90 Å². The summed E-state index contributed by atoms with van der Waals surface area (Å²) in [5.41, 5.74) is 4.97. The van der Waals surface area contributed by atoms with Crippen molar-refractivity contribution in [2.75, 3.05) is 32.1 Å². The van der Waals surface area contributed by atoms with E-state index in [-0.39, 0.29) is 6.10 Å². The number of piperidine rings is 1. The predicted octanol–water partition coefficient (Wildman–Crippen LogP) is 4.23. The van der Waals surface area contributed by atoms with Crippen LogP contribution in [0.1, 0.15) is 54.3 Å². The Labute approximate surface area is 160 Å². The molecule has 0 amide bonds. The van der Waals surface area contributed by atoms with Gasteiger partial charge in [-0.15, -0.1) is 11.3 Å². The molecule has 1 saturated heterocycles. The Bertz CT molecular complexity index is 765. The summed E-state index contributed by atoms with van der Waals surface area (Å²) in [6.45, 7) is 3.42. The van der Waals surface area contributed by atoms with Crippen molar-refractivity contribution in [2.24, 2.45) is 0 Å². The summed E-state index contributed by atoms with van der Waals surface area (Å²) in [6, 6.07) is 6.73. The van der Waals surface area contributed by atoms with Gasteiger partial charge in [0.05, 0.1) is 16.7 Å². The Morgan fingerprint density at radius 2 is 2.00 bits per heavy atom. The summed E-state index contributed by atoms with van der Waals surface area (Å²) >= 11 is 1.68. The molecule has 5 heteroatoms. The van der Waals surface area contributed by atoms with Gasteiger partial charge in [-0.2, -0.15) is 0 Å². The molecule has 1 aliphatic heterocycles. The molecule has 0 bridgehead atoms. The van der Waals surface area contributed by atoms with Gasteiger partial charge >= 0.3 is 0 Å². The lowest BCUT2D eigenvalue weighted by Crippen LogP contribution is -2.29. The molecule has 2 aromatic rings. The van der Waals surface area contributed by atoms with Crippen LogP contribution in [0.25, 0.3) is 10.6 Å². The van der Waals surface area contributed by atoms with Crippen LogP contribution in [0.15, 0.2) is 18.2 Å². The fourth-order valence-electron chi connectivity index (χ4n) is 4.16. The lowest BCUT2D eigenvalue weighted by Gasteiger charge is -2.28. The van der Waals surface area contributed by atoms with Gasteiger partial charge in [0.2, 0.25) is 0 Å². The first-order valence-corrected chi connectivity index (χ1v) is 10.6. The normalized spacial score (nSPS) is 20.8. The van der Waals surface area contributed by atoms with E-state index in [0.717, 1.165) is 41.4 Å². The highest BCUT2D eigenvalue weighted by atomic mass is 32.1. The SMILES string of the molecule is CN(C)c1ccc(-c2nc3c(s2)C(O)CCC3)cc1CN1CCCCC1. The molecule has 1 aliphatic carbocycles. The number of likely N-dealkylation sites (tertiary alicyclic amines) is 1. The number of aliphatic hydroxyl groups excluding tert-OH is 1. The summed E-state index contributed by atoms with van der Waals surface area (Å²) in [4.78, 5) is 10.7. The second-order valence-corrected chi connectivity index (χ2v) is 8.84. The lowest BCUT2D eigenvalue weighted by molar-refractivity contribution is 0.160. The smallest absolute Gasteiger partial charge is 0.123 e. The zero-order valence-corrected chi connectivity index (χ0v) is 16.7. The van der Waals surface area contributed by atoms with Crippen molar-refractivity contribution in [3.63, 3.8) is 0 Å². The Morgan fingerprint density at radius 3 is 2.73 bits per heavy atom. The van der Waals surface area contributed by atoms with Gasteiger partial charge in [-0.05, 0) is 69.0 Å². The van der Waals surface area contributed by atoms with Gasteiger partial charge in [0.25, 0.3) is 0 Å². The van der Waals surface area contributed by atoms with Crippen molar-refractivity contribution in [3.8, 4) is 10.6 Å². The monoisotopic (exact) mass is 371 g/mol. The number of hydrogen-bond donors (Lipinski definition) is 1. The molecule has 0 saturated carbocycles. The minimum atomic E-state index is -0.320. The standard InChI is InChI=1S/C21H29N3OS/c1-23(2)18-10-9-15(13-16(18)14-24-11-4-3-5-12-24)21-22-17-7-6-8-19(25)20(17)26-21/h9-10,13,19,25H,3-8,11-12,14H2,1-2H3. The van der Waals surface area contributed by atoms with Crippen LogP contribution in [-0.2, 0) is 13.0 Å². The third-order valence-corrected chi connectivity index (χ3v) is 6.82. The molecule has 1 aromatic heterocycles. The molecule has 1 unspecified atom stereocenters. The number of rotatable bonds is 4. The van der Waals surface area contributed by atoms with Crippen LogP contribution < -0.4 is 4.90 Å². The molecule has 2 heterocycles. The van der Waals surface area contributed by atoms with E-state index in [2.05, 4.69) is 42.1 Å². The van der Waals surface area contributed by atoms with E-state index in [0.29, 0.717) is 0 Å². The van der Waals surface area contributed by atoms with Gasteiger partial charge in [-0.1, -0.05) is 6.42 Å². The van der Waals surface area contributed by atoms with Gasteiger partial charge in [0.15, 0.2) is 0 Å². The number of thiazole rings is 1. The third kappa shape index (κ3) is 3.66. The maximum atomic E-state index is 10.3. The first-order valence-electron chi connectivity index (χ1n) is 9.82. The maximum Gasteiger partial charge on any atom is 0.123 e. The highest BCUT2D eigenvalue weighted by molar-refractivity contribution is 7.15. The van der Waals surface area contributed by atoms with E-state index in [9.17, 15) is 5.11 Å². The van der Waals surface area contributed by atoms with E-state index < -0.39 is 0 Å². The van der Waals surface area contributed by atoms with Crippen LogP contribution in [0.5, 0.6) is 0 Å². The summed E-state index contributed by atoms with van der Waals surface area (Å²) in [7, 11) is 4.24. The van der Waals surface area contributed by atoms with Crippen LogP contribution >= 0.6 is 11.3 Å². The van der Waals surface area contributed by atoms with Crippen molar-refractivity contribution in [1.82, 2.24) is 9.88 Å². The molecule has 0 spiro atoms. The molecule has 1 N–H and O–H groups in total. The van der Waals surface area contributed by atoms with Crippen LogP contribution in [-0.4, -0.2) is 42.2 Å². The number of anilines is 1. The number of benzene rings is 1. The number of aromatic nitrogens is 1. The van der Waals surface area contributed by atoms with Crippen LogP contribution in [0.2, 0.25) is 0 Å². The zero-order valence-electron chi connectivity index (χ0n) is 15.9. The van der Waals surface area contributed by atoms with Crippen LogP contribution in [0.3, 0.4) is 0 Å². The Kier molecular flexibility index (Phi) is 5.30. The fourth-order valence-corrected chi connectivity index (χ4v) is 5.29. The van der Waals surface area contributed by atoms with E-state index in [4.69, 9.17) is 4.98 Å². The Hall–Kier alpha value is -1.43. The molecule has 0 radical (unpaired) electrons. The average molecular weight is 372 g/mol. The number of nitrogens with zero attached hydrogens (tertiary/aromatic N) is 3. The minimum Gasteiger partial charge on any atom is -0.388 e. The molecular weight excluding hydrogens is 342 g/mol. The molecular formula is C21H29N3OS. The molecule has 4 rings (SSSR count). The van der Waals surface area contributed by atoms with E-state index >= 15 is 0 Å². The molecule has 1 atom stereocenters. The van der Waals surface area contributed by atoms with Crippen molar-refractivity contribution in [2.45, 2.75) is 51.2 Å². The molecule has 140 valence electrons.